The van der Waals surface area contributed by atoms with Gasteiger partial charge in [0.15, 0.2) is 0 Å². The predicted octanol–water partition coefficient (Wildman–Crippen LogP) is 7.77. The number of aromatic carboxylic acids is 1. The molecule has 7 heteroatoms. The normalized spacial score (nSPS) is 10.4. The van der Waals surface area contributed by atoms with Crippen molar-refractivity contribution < 1.29 is 9.90 Å². The number of carboxylic acids is 1. The van der Waals surface area contributed by atoms with Crippen molar-refractivity contribution in [2.45, 2.75) is 64.8 Å². The molecule has 0 unspecified atom stereocenters. The summed E-state index contributed by atoms with van der Waals surface area (Å²) in [5.74, 6) is -0.942. The molecule has 166 valence electrons. The number of carboxylic acid groups (broad SMARTS) is 1. The predicted molar refractivity (Wildman–Crippen MR) is 130 cm³/mol. The molecule has 2 N–H and O–H groups in total. The highest BCUT2D eigenvalue weighted by Crippen LogP contribution is 2.29. The van der Waals surface area contributed by atoms with Gasteiger partial charge in [0.05, 0.1) is 5.56 Å². The Balaban J connectivity index is 0.000000414. The van der Waals surface area contributed by atoms with Gasteiger partial charge in [0, 0.05) is 33.5 Å². The topological polar surface area (TPSA) is 62.2 Å². The Bertz CT molecular complexity index is 722. The van der Waals surface area contributed by atoms with Crippen LogP contribution in [0.4, 0.5) is 0 Å². The summed E-state index contributed by atoms with van der Waals surface area (Å²) in [5.41, 5.74) is 1.30. The summed E-state index contributed by atoms with van der Waals surface area (Å²) < 4.78 is 0.975. The maximum absolute atomic E-state index is 10.2. The van der Waals surface area contributed by atoms with Crippen LogP contribution in [-0.4, -0.2) is 22.6 Å². The molecule has 4 nitrogen and oxygen atoms in total. The third-order valence-electron chi connectivity index (χ3n) is 4.52. The second-order valence-electron chi connectivity index (χ2n) is 7.05. The number of halogens is 3. The smallest absolute Gasteiger partial charge is 0.337 e. The van der Waals surface area contributed by atoms with Gasteiger partial charge in [-0.25, -0.2) is 4.79 Å². The number of aromatic nitrogens is 1. The second-order valence-corrected chi connectivity index (χ2v) is 8.74. The molecule has 2 rings (SSSR count). The van der Waals surface area contributed by atoms with Gasteiger partial charge < -0.3 is 10.4 Å². The molecule has 0 saturated heterocycles. The first-order chi connectivity index (χ1) is 14.5. The first-order valence-electron chi connectivity index (χ1n) is 10.4. The molecule has 0 atom stereocenters. The lowest BCUT2D eigenvalue weighted by Crippen LogP contribution is -2.15. The fraction of sp³-hybridized carbons (Fsp3) is 0.478. The first-order valence-corrected chi connectivity index (χ1v) is 12.0. The summed E-state index contributed by atoms with van der Waals surface area (Å²) in [6.45, 7) is 4.09. The SMILES string of the molecule is CCCCCCCCCCNCc1c(Cl)cc(Cl)cc1Br.O=C(O)c1cccnc1. The lowest BCUT2D eigenvalue weighted by molar-refractivity contribution is 0.0696. The lowest BCUT2D eigenvalue weighted by Gasteiger charge is -2.09. The molecule has 2 aromatic rings. The van der Waals surface area contributed by atoms with Gasteiger partial charge in [0.25, 0.3) is 0 Å². The van der Waals surface area contributed by atoms with E-state index >= 15 is 0 Å². The minimum absolute atomic E-state index is 0.220. The van der Waals surface area contributed by atoms with Gasteiger partial charge in [-0.2, -0.15) is 0 Å². The third kappa shape index (κ3) is 11.9. The highest BCUT2D eigenvalue weighted by Gasteiger charge is 2.06. The molecule has 0 spiro atoms. The molecule has 0 fully saturated rings. The Morgan fingerprint density at radius 1 is 1.10 bits per heavy atom. The third-order valence-corrected chi connectivity index (χ3v) is 5.79. The van der Waals surface area contributed by atoms with Crippen LogP contribution in [0.1, 0.15) is 74.2 Å². The lowest BCUT2D eigenvalue weighted by atomic mass is 10.1. The van der Waals surface area contributed by atoms with Crippen LogP contribution in [0.2, 0.25) is 10.0 Å². The molecule has 0 saturated carbocycles. The summed E-state index contributed by atoms with van der Waals surface area (Å²) in [5, 5.41) is 13.2. The van der Waals surface area contributed by atoms with E-state index in [1.165, 1.54) is 69.8 Å². The average Bonchev–Trinajstić information content (AvgIpc) is 2.72. The molecule has 30 heavy (non-hydrogen) atoms. The minimum atomic E-state index is -0.942. The van der Waals surface area contributed by atoms with E-state index in [1.54, 1.807) is 12.1 Å². The quantitative estimate of drug-likeness (QED) is 0.282. The number of unbranched alkanes of at least 4 members (excludes halogenated alkanes) is 7. The van der Waals surface area contributed by atoms with Crippen LogP contribution in [0, 0.1) is 0 Å². The van der Waals surface area contributed by atoms with Gasteiger partial charge in [-0.1, -0.05) is 91.0 Å². The highest BCUT2D eigenvalue weighted by atomic mass is 79.9. The maximum atomic E-state index is 10.2. The molecular formula is C23H31BrCl2N2O2. The molecule has 0 radical (unpaired) electrons. The fourth-order valence-corrected chi connectivity index (χ4v) is 4.23. The Kier molecular flexibility index (Phi) is 14.8. The summed E-state index contributed by atoms with van der Waals surface area (Å²) in [7, 11) is 0. The fourth-order valence-electron chi connectivity index (χ4n) is 2.83. The van der Waals surface area contributed by atoms with Crippen LogP contribution in [-0.2, 0) is 6.54 Å². The molecular weight excluding hydrogens is 487 g/mol. The molecule has 0 aliphatic carbocycles. The zero-order valence-corrected chi connectivity index (χ0v) is 20.6. The number of benzene rings is 1. The Labute approximate surface area is 198 Å². The van der Waals surface area contributed by atoms with Crippen LogP contribution >= 0.6 is 39.1 Å². The van der Waals surface area contributed by atoms with E-state index in [0.717, 1.165) is 28.1 Å². The average molecular weight is 518 g/mol. The van der Waals surface area contributed by atoms with E-state index < -0.39 is 5.97 Å². The van der Waals surface area contributed by atoms with Crippen LogP contribution < -0.4 is 5.32 Å². The van der Waals surface area contributed by atoms with Gasteiger partial charge in [-0.15, -0.1) is 0 Å². The number of hydrogen-bond acceptors (Lipinski definition) is 3. The standard InChI is InChI=1S/C17H26BrCl2N.C6H5NO2/c1-2-3-4-5-6-7-8-9-10-21-13-15-16(18)11-14(19)12-17(15)20;8-6(9)5-2-1-3-7-4-5/h11-12,21H,2-10,13H2,1H3;1-4H,(H,8,9). The van der Waals surface area contributed by atoms with Crippen molar-refractivity contribution in [2.75, 3.05) is 6.54 Å². The van der Waals surface area contributed by atoms with Gasteiger partial charge in [0.2, 0.25) is 0 Å². The Morgan fingerprint density at radius 3 is 2.30 bits per heavy atom. The van der Waals surface area contributed by atoms with Gasteiger partial charge in [0.1, 0.15) is 0 Å². The van der Waals surface area contributed by atoms with Crippen LogP contribution in [0.3, 0.4) is 0 Å². The molecule has 1 heterocycles. The van der Waals surface area contributed by atoms with Crippen LogP contribution in [0.15, 0.2) is 41.1 Å². The number of pyridine rings is 1. The van der Waals surface area contributed by atoms with Crippen molar-refractivity contribution in [2.24, 2.45) is 0 Å². The van der Waals surface area contributed by atoms with E-state index in [1.807, 2.05) is 6.07 Å². The summed E-state index contributed by atoms with van der Waals surface area (Å²) >= 11 is 15.7. The largest absolute Gasteiger partial charge is 0.478 e. The molecule has 0 bridgehead atoms. The van der Waals surface area contributed by atoms with Gasteiger partial charge in [-0.3, -0.25) is 4.98 Å². The second kappa shape index (κ2) is 16.5. The van der Waals surface area contributed by atoms with E-state index in [9.17, 15) is 4.79 Å². The van der Waals surface area contributed by atoms with Crippen LogP contribution in [0.25, 0.3) is 0 Å². The van der Waals surface area contributed by atoms with E-state index in [-0.39, 0.29) is 5.56 Å². The van der Waals surface area contributed by atoms with Crippen molar-refractivity contribution in [3.05, 3.63) is 62.3 Å². The number of rotatable bonds is 12. The van der Waals surface area contributed by atoms with E-state index in [0.29, 0.717) is 5.02 Å². The van der Waals surface area contributed by atoms with E-state index in [2.05, 4.69) is 33.2 Å². The summed E-state index contributed by atoms with van der Waals surface area (Å²) in [6.07, 6.45) is 13.6. The first kappa shape index (κ1) is 26.9. The number of nitrogens with one attached hydrogen (secondary N) is 1. The summed E-state index contributed by atoms with van der Waals surface area (Å²) in [4.78, 5) is 13.8. The van der Waals surface area contributed by atoms with Crippen molar-refractivity contribution >= 4 is 45.1 Å². The Morgan fingerprint density at radius 2 is 1.77 bits per heavy atom. The van der Waals surface area contributed by atoms with Crippen molar-refractivity contribution in [3.8, 4) is 0 Å². The Hall–Kier alpha value is -1.14. The molecule has 0 aliphatic rings. The van der Waals surface area contributed by atoms with Gasteiger partial charge in [-0.05, 0) is 42.8 Å². The van der Waals surface area contributed by atoms with Crippen LogP contribution in [0.5, 0.6) is 0 Å². The number of nitrogens with zero attached hydrogens (tertiary/aromatic N) is 1. The van der Waals surface area contributed by atoms with Gasteiger partial charge >= 0.3 is 5.97 Å². The monoisotopic (exact) mass is 516 g/mol. The number of hydrogen-bond donors (Lipinski definition) is 2. The zero-order valence-electron chi connectivity index (χ0n) is 17.5. The van der Waals surface area contributed by atoms with Crippen molar-refractivity contribution in [1.29, 1.82) is 0 Å². The highest BCUT2D eigenvalue weighted by molar-refractivity contribution is 9.10. The maximum Gasteiger partial charge on any atom is 0.337 e. The zero-order chi connectivity index (χ0) is 22.2. The molecule has 1 aromatic carbocycles. The number of carbonyl (C=O) groups is 1. The van der Waals surface area contributed by atoms with Crippen molar-refractivity contribution in [1.82, 2.24) is 10.3 Å². The van der Waals surface area contributed by atoms with E-state index in [4.69, 9.17) is 28.3 Å². The summed E-state index contributed by atoms with van der Waals surface area (Å²) in [6, 6.07) is 6.76. The minimum Gasteiger partial charge on any atom is -0.478 e. The molecule has 0 amide bonds. The molecule has 1 aromatic heterocycles. The van der Waals surface area contributed by atoms with Crippen molar-refractivity contribution in [3.63, 3.8) is 0 Å². The molecule has 0 aliphatic heterocycles.